The van der Waals surface area contributed by atoms with Crippen molar-refractivity contribution in [3.8, 4) is 68.5 Å². The average molecular weight is 1980 g/mol. The number of likely N-dealkylation sites (N-methyl/N-ethyl adjacent to an activating group) is 2. The van der Waals surface area contributed by atoms with E-state index in [9.17, 15) is 44.4 Å². The third kappa shape index (κ3) is 23.7. The molecule has 4 aliphatic rings. The molecule has 6 N–H and O–H groups in total. The molecule has 12 aromatic rings. The topological polar surface area (TPSA) is 437 Å². The van der Waals surface area contributed by atoms with Gasteiger partial charge in [-0.25, -0.2) is 54.4 Å². The van der Waals surface area contributed by atoms with Crippen LogP contribution in [0.25, 0.3) is 84.2 Å². The number of nitrogens with one attached hydrogen (secondary N) is 6. The number of ether oxygens (including phenoxy) is 4. The predicted molar refractivity (Wildman–Crippen MR) is 537 cm³/mol. The highest BCUT2D eigenvalue weighted by molar-refractivity contribution is 7.90. The van der Waals surface area contributed by atoms with Crippen LogP contribution < -0.4 is 45.7 Å². The molecule has 4 saturated heterocycles. The number of fused-ring (bicyclic) bond motifs is 4. The van der Waals surface area contributed by atoms with E-state index in [2.05, 4.69) is 115 Å². The van der Waals surface area contributed by atoms with Crippen LogP contribution in [-0.2, 0) is 76.9 Å². The summed E-state index contributed by atoms with van der Waals surface area (Å²) in [5, 5.41) is 21.6. The van der Waals surface area contributed by atoms with Crippen molar-refractivity contribution in [3.63, 3.8) is 0 Å². The summed E-state index contributed by atoms with van der Waals surface area (Å²) in [6.45, 7) is 38.1. The van der Waals surface area contributed by atoms with E-state index in [1.54, 1.807) is 95.6 Å². The van der Waals surface area contributed by atoms with Crippen LogP contribution in [0.4, 0.5) is 0 Å². The predicted octanol–water partition coefficient (Wildman–Crippen LogP) is 10.8. The molecule has 38 nitrogen and oxygen atoms in total. The number of hydrogen-bond acceptors (Lipinski definition) is 28. The molecular formula is C96H134N24O14S4. The summed E-state index contributed by atoms with van der Waals surface area (Å²) < 4.78 is 116. The van der Waals surface area contributed by atoms with Gasteiger partial charge in [-0.3, -0.25) is 38.1 Å². The Labute approximate surface area is 811 Å². The van der Waals surface area contributed by atoms with E-state index in [4.69, 9.17) is 41.1 Å². The Balaban J connectivity index is 0.000000155. The first-order valence-corrected chi connectivity index (χ1v) is 53.0. The van der Waals surface area contributed by atoms with Gasteiger partial charge >= 0.3 is 0 Å². The maximum Gasteiger partial charge on any atom is 0.277 e. The van der Waals surface area contributed by atoms with Crippen molar-refractivity contribution in [3.05, 3.63) is 143 Å². The van der Waals surface area contributed by atoms with Crippen LogP contribution in [0.2, 0.25) is 0 Å². The lowest BCUT2D eigenvalue weighted by Gasteiger charge is -2.35. The lowest BCUT2D eigenvalue weighted by Crippen LogP contribution is -2.55. The fraction of sp³-hybridized carbons (Fsp3) is 0.531. The molecule has 4 fully saturated rings. The Morgan fingerprint density at radius 3 is 1.44 bits per heavy atom. The van der Waals surface area contributed by atoms with Gasteiger partial charge in [0.05, 0.1) is 98.2 Å². The monoisotopic (exact) mass is 1970 g/mol. The zero-order chi connectivity index (χ0) is 99.2. The smallest absolute Gasteiger partial charge is 0.277 e. The molecule has 0 saturated carbocycles. The first kappa shape index (κ1) is 104. The fourth-order valence-corrected chi connectivity index (χ4v) is 22.6. The molecule has 12 heterocycles. The molecule has 4 aliphatic heterocycles. The van der Waals surface area contributed by atoms with Crippen molar-refractivity contribution < 1.29 is 49.0 Å². The summed E-state index contributed by atoms with van der Waals surface area (Å²) in [6.07, 6.45) is 10.2. The van der Waals surface area contributed by atoms with Gasteiger partial charge in [0.15, 0.2) is 32.8 Å². The standard InChI is InChI=1S/C25H36N6O4S.C25H34N6O3.C23H32N6O4S.C23H32N6O3S2/c1-5-8-20-22-23(31(4)29-20)25(32)28-24(27-22)19-16-18(10-11-21(19)35-15-6-2)36(33,34)26-13-12-17-9-7-14-30(17)3;1-5-8-19-22-23(29(4)28-19)25(33)27-24(26-22)18-15-17(9-10-21(18)34-7-3)20(32)16-31-13-11-30(6-2)12-14-31;1-5-8-20-24-16(4)21-23(30)25-22(26-29(20)21)18-15-17(9-10-19(18)33-7-3)34(31,32)28-13-11-27(6-2)12-14-28;1-6-8-18-20-21(28(5)27-18)23(33)26-22(25-20)17-11-16(9-10-19(17)32-7-2)34(30,31)29-12-14(3)24-15(4)13-29/h10-11,16-17,26H,5-9,12-15H2,1-4H3,(H,27,28,32);9-10,15H,5-8,11-14,16H2,1-4H3,(H,26,27,33);9-10,15H,5-8,11-14H2,1-4H3,(H,25,26,30);9-11,14-15,24H,6-8,12-13H2,1-5H3,(H,25,26,33)/t;;;14-,15+. The number of carbonyl (C=O) groups excluding carboxylic acids is 1. The highest BCUT2D eigenvalue weighted by Crippen LogP contribution is 2.38. The number of likely N-dealkylation sites (tertiary alicyclic amines) is 1. The van der Waals surface area contributed by atoms with Crippen molar-refractivity contribution in [1.29, 1.82) is 0 Å². The second-order valence-corrected chi connectivity index (χ2v) is 41.3. The van der Waals surface area contributed by atoms with Gasteiger partial charge in [0, 0.05) is 123 Å². The van der Waals surface area contributed by atoms with E-state index in [1.807, 2.05) is 62.4 Å². The first-order valence-electron chi connectivity index (χ1n) is 48.3. The first-order chi connectivity index (χ1) is 66.1. The van der Waals surface area contributed by atoms with Gasteiger partial charge in [-0.2, -0.15) is 23.9 Å². The van der Waals surface area contributed by atoms with Crippen molar-refractivity contribution in [2.75, 3.05) is 132 Å². The number of aromatic amines is 4. The molecule has 0 aliphatic carbocycles. The summed E-state index contributed by atoms with van der Waals surface area (Å²) in [4.78, 5) is 92.0. The van der Waals surface area contributed by atoms with Crippen LogP contribution in [0, 0.1) is 11.6 Å². The molecule has 8 aromatic heterocycles. The Morgan fingerprint density at radius 2 is 0.928 bits per heavy atom. The molecule has 0 spiro atoms. The van der Waals surface area contributed by atoms with Crippen molar-refractivity contribution >= 4 is 86.7 Å². The minimum atomic E-state index is -3.76. The summed E-state index contributed by atoms with van der Waals surface area (Å²) >= 11 is 5.60. The average Bonchev–Trinajstić information content (AvgIpc) is 1.54. The number of imidazole rings is 1. The number of rotatable bonds is 35. The maximum atomic E-state index is 13.5. The van der Waals surface area contributed by atoms with E-state index in [1.165, 1.54) is 25.4 Å². The summed E-state index contributed by atoms with van der Waals surface area (Å²) in [5.41, 5.74) is 8.62. The molecule has 0 bridgehead atoms. The van der Waals surface area contributed by atoms with Gasteiger partial charge in [0.25, 0.3) is 16.7 Å². The molecule has 746 valence electrons. The normalized spacial score (nSPS) is 16.8. The molecule has 3 atom stereocenters. The SMILES string of the molecule is CCCOc1ccc(S(=O)(=O)NCCC2CCCN2C)cc1-c1nc2c(CCC)nn(C)c2c(=O)[nH]1.CCCc1nc(C)c2c(=O)[nH]c(-c3cc(S(=O)(=O)N4CCN(CC)CC4)ccc3OCC)nn12.CCCc1nn(C)c2c(=O)[nH]c(-c3cc(C(=O)CN4CCN(CC)CC4)ccc3OCC)nc12.CCCc1nn(C)c2c(=S)nc(-c3cc(S(=O)(=O)N4C[C@@H](C)N[C@@H](C)C4)ccc3OCC)[nH]c12. The van der Waals surface area contributed by atoms with Crippen LogP contribution >= 0.6 is 12.2 Å². The second kappa shape index (κ2) is 46.5. The van der Waals surface area contributed by atoms with Crippen LogP contribution in [-0.4, -0.2) is 288 Å². The largest absolute Gasteiger partial charge is 0.493 e. The van der Waals surface area contributed by atoms with E-state index >= 15 is 0 Å². The number of carbonyl (C=O) groups is 1. The molecule has 1 unspecified atom stereocenters. The Hall–Kier alpha value is -10.9. The van der Waals surface area contributed by atoms with Crippen LogP contribution in [0.1, 0.15) is 173 Å². The zero-order valence-corrected chi connectivity index (χ0v) is 85.7. The number of aryl methyl sites for hydroxylation is 8. The summed E-state index contributed by atoms with van der Waals surface area (Å²) in [6, 6.07) is 20.2. The summed E-state index contributed by atoms with van der Waals surface area (Å²) in [7, 11) is -3.78. The number of hydrogen-bond donors (Lipinski definition) is 6. The van der Waals surface area contributed by atoms with Gasteiger partial charge in [-0.15, -0.1) is 5.10 Å². The minimum absolute atomic E-state index is 0.0470. The minimum Gasteiger partial charge on any atom is -0.493 e. The van der Waals surface area contributed by atoms with Crippen LogP contribution in [0.15, 0.2) is 102 Å². The second-order valence-electron chi connectivity index (χ2n) is 35.3. The van der Waals surface area contributed by atoms with Gasteiger partial charge in [-0.1, -0.05) is 79.9 Å². The molecule has 16 rings (SSSR count). The van der Waals surface area contributed by atoms with E-state index in [-0.39, 0.29) is 60.9 Å². The Bertz CT molecular complexity index is 6940. The highest BCUT2D eigenvalue weighted by Gasteiger charge is 2.35. The van der Waals surface area contributed by atoms with Gasteiger partial charge < -0.3 is 58.9 Å². The molecule has 0 radical (unpaired) electrons. The number of benzene rings is 4. The highest BCUT2D eigenvalue weighted by atomic mass is 32.2. The van der Waals surface area contributed by atoms with Crippen LogP contribution in [0.5, 0.6) is 23.0 Å². The molecule has 42 heteroatoms. The third-order valence-corrected chi connectivity index (χ3v) is 30.6. The molecular weight excluding hydrogens is 1840 g/mol. The van der Waals surface area contributed by atoms with Crippen molar-refractivity contribution in [1.82, 2.24) is 117 Å². The van der Waals surface area contributed by atoms with E-state index in [0.29, 0.717) is 204 Å². The van der Waals surface area contributed by atoms with Crippen molar-refractivity contribution in [2.45, 2.75) is 200 Å². The van der Waals surface area contributed by atoms with Gasteiger partial charge in [-0.05, 0) is 192 Å². The Morgan fingerprint density at radius 1 is 0.478 bits per heavy atom. The van der Waals surface area contributed by atoms with E-state index < -0.39 is 30.1 Å². The quantitative estimate of drug-likeness (QED) is 0.0159. The number of Topliss-reactive ketones (excluding diaryl/α,β-unsaturated/α-hetero) is 1. The van der Waals surface area contributed by atoms with Crippen molar-refractivity contribution in [2.24, 2.45) is 21.1 Å². The maximum absolute atomic E-state index is 13.5. The lowest BCUT2D eigenvalue weighted by atomic mass is 10.0. The van der Waals surface area contributed by atoms with E-state index in [0.717, 1.165) is 138 Å². The number of H-pyrrole nitrogens is 4. The van der Waals surface area contributed by atoms with Gasteiger partial charge in [0.1, 0.15) is 62.8 Å². The number of nitrogens with zero attached hydrogens (tertiary/aromatic N) is 18. The summed E-state index contributed by atoms with van der Waals surface area (Å²) in [5.74, 6) is 4.13. The fourth-order valence-electron chi connectivity index (χ4n) is 18.1. The Kier molecular flexibility index (Phi) is 35.2. The number of sulfonamides is 3. The zero-order valence-electron chi connectivity index (χ0n) is 82.5. The molecule has 4 aromatic carbocycles. The molecule has 0 amide bonds. The lowest BCUT2D eigenvalue weighted by molar-refractivity contribution is 0.0859. The number of piperazine rings is 3. The molecule has 138 heavy (non-hydrogen) atoms. The number of aromatic nitrogens is 16. The van der Waals surface area contributed by atoms with Crippen LogP contribution in [0.3, 0.4) is 0 Å². The number of ketones is 1. The van der Waals surface area contributed by atoms with Gasteiger partial charge in [0.2, 0.25) is 30.1 Å². The third-order valence-electron chi connectivity index (χ3n) is 25.1.